The van der Waals surface area contributed by atoms with Crippen LogP contribution in [0.25, 0.3) is 0 Å². The minimum Gasteiger partial charge on any atom is -0.497 e. The lowest BCUT2D eigenvalue weighted by Gasteiger charge is -2.32. The number of anilines is 1. The fourth-order valence-corrected chi connectivity index (χ4v) is 2.15. The van der Waals surface area contributed by atoms with E-state index in [1.165, 1.54) is 0 Å². The number of carbonyl (C=O) groups is 1. The zero-order valence-corrected chi connectivity index (χ0v) is 14.7. The summed E-state index contributed by atoms with van der Waals surface area (Å²) in [5, 5.41) is 0. The van der Waals surface area contributed by atoms with Crippen LogP contribution in [0, 0.1) is 0 Å². The lowest BCUT2D eigenvalue weighted by molar-refractivity contribution is 0.0572. The minimum atomic E-state index is -0.559. The molecule has 0 N–H and O–H groups in total. The van der Waals surface area contributed by atoms with Crippen molar-refractivity contribution in [1.82, 2.24) is 0 Å². The van der Waals surface area contributed by atoms with Gasteiger partial charge in [0.05, 0.1) is 13.2 Å². The topological polar surface area (TPSA) is 38.8 Å². The number of nitrogens with zero attached hydrogens (tertiary/aromatic N) is 1. The van der Waals surface area contributed by atoms with Gasteiger partial charge in [0.2, 0.25) is 0 Å². The van der Waals surface area contributed by atoms with Crippen LogP contribution in [0.1, 0.15) is 34.1 Å². The second-order valence-corrected chi connectivity index (χ2v) is 6.17. The summed E-state index contributed by atoms with van der Waals surface area (Å²) in [6.45, 7) is 11.3. The molecule has 0 unspecified atom stereocenters. The molecule has 0 aliphatic rings. The van der Waals surface area contributed by atoms with E-state index in [1.54, 1.807) is 18.1 Å². The molecule has 1 amide bonds. The zero-order valence-electron chi connectivity index (χ0n) is 14.7. The molecule has 0 spiro atoms. The summed E-state index contributed by atoms with van der Waals surface area (Å²) in [5.41, 5.74) is 0.196. The minimum absolute atomic E-state index is 0.152. The zero-order chi connectivity index (χ0) is 17.5. The Kier molecular flexibility index (Phi) is 6.89. The second kappa shape index (κ2) is 8.42. The largest absolute Gasteiger partial charge is 0.497 e. The standard InChI is InChI=1S/C19H27NO3/c1-7-9-15(10-8-2)20(18(21)23-19(3,4)5)16-11-13-17(22-6)14-12-16/h7-8,10-15H,1,9H2,2-6H3/b10-8+/t15-/m0/s1. The number of methoxy groups -OCH3 is 1. The van der Waals surface area contributed by atoms with Gasteiger partial charge in [-0.05, 0) is 58.4 Å². The molecule has 4 heteroatoms. The molecular formula is C19H27NO3. The monoisotopic (exact) mass is 317 g/mol. The normalized spacial score (nSPS) is 12.7. The highest BCUT2D eigenvalue weighted by atomic mass is 16.6. The molecular weight excluding hydrogens is 290 g/mol. The highest BCUT2D eigenvalue weighted by molar-refractivity contribution is 5.89. The second-order valence-electron chi connectivity index (χ2n) is 6.17. The van der Waals surface area contributed by atoms with E-state index in [1.807, 2.05) is 64.1 Å². The van der Waals surface area contributed by atoms with Crippen LogP contribution in [-0.4, -0.2) is 24.8 Å². The molecule has 1 atom stereocenters. The molecule has 126 valence electrons. The van der Waals surface area contributed by atoms with Gasteiger partial charge >= 0.3 is 6.09 Å². The van der Waals surface area contributed by atoms with Gasteiger partial charge in [0.1, 0.15) is 11.4 Å². The Hall–Kier alpha value is -2.23. The van der Waals surface area contributed by atoms with Crippen LogP contribution >= 0.6 is 0 Å². The van der Waals surface area contributed by atoms with Crippen molar-refractivity contribution in [1.29, 1.82) is 0 Å². The lowest BCUT2D eigenvalue weighted by atomic mass is 10.1. The fourth-order valence-electron chi connectivity index (χ4n) is 2.15. The Balaban J connectivity index is 3.22. The third-order valence-electron chi connectivity index (χ3n) is 3.10. The van der Waals surface area contributed by atoms with Crippen molar-refractivity contribution in [2.24, 2.45) is 0 Å². The van der Waals surface area contributed by atoms with Crippen molar-refractivity contribution in [2.45, 2.75) is 45.8 Å². The van der Waals surface area contributed by atoms with Gasteiger partial charge in [-0.3, -0.25) is 4.90 Å². The average molecular weight is 317 g/mol. The van der Waals surface area contributed by atoms with Crippen LogP contribution in [0.15, 0.2) is 49.1 Å². The first-order chi connectivity index (χ1) is 10.8. The molecule has 0 saturated heterocycles. The van der Waals surface area contributed by atoms with Crippen molar-refractivity contribution >= 4 is 11.8 Å². The van der Waals surface area contributed by atoms with Crippen molar-refractivity contribution < 1.29 is 14.3 Å². The van der Waals surface area contributed by atoms with Gasteiger partial charge in [0, 0.05) is 5.69 Å². The Morgan fingerprint density at radius 1 is 1.30 bits per heavy atom. The van der Waals surface area contributed by atoms with Gasteiger partial charge in [-0.15, -0.1) is 6.58 Å². The van der Waals surface area contributed by atoms with Crippen molar-refractivity contribution in [2.75, 3.05) is 12.0 Å². The van der Waals surface area contributed by atoms with Gasteiger partial charge in [-0.1, -0.05) is 18.2 Å². The van der Waals surface area contributed by atoms with Gasteiger partial charge in [0.25, 0.3) is 0 Å². The van der Waals surface area contributed by atoms with Crippen molar-refractivity contribution in [3.05, 3.63) is 49.1 Å². The fraction of sp³-hybridized carbons (Fsp3) is 0.421. The van der Waals surface area contributed by atoms with E-state index in [4.69, 9.17) is 9.47 Å². The molecule has 0 heterocycles. The van der Waals surface area contributed by atoms with Gasteiger partial charge < -0.3 is 9.47 Å². The average Bonchev–Trinajstić information content (AvgIpc) is 2.47. The van der Waals surface area contributed by atoms with Crippen LogP contribution in [0.5, 0.6) is 5.75 Å². The van der Waals surface area contributed by atoms with Crippen LogP contribution in [-0.2, 0) is 4.74 Å². The third-order valence-corrected chi connectivity index (χ3v) is 3.10. The highest BCUT2D eigenvalue weighted by Crippen LogP contribution is 2.25. The lowest BCUT2D eigenvalue weighted by Crippen LogP contribution is -2.42. The van der Waals surface area contributed by atoms with Crippen LogP contribution in [0.2, 0.25) is 0 Å². The number of hydrogen-bond acceptors (Lipinski definition) is 3. The smallest absolute Gasteiger partial charge is 0.415 e. The maximum atomic E-state index is 12.7. The molecule has 1 rings (SSSR count). The van der Waals surface area contributed by atoms with Crippen molar-refractivity contribution in [3.63, 3.8) is 0 Å². The molecule has 0 saturated carbocycles. The molecule has 0 aliphatic heterocycles. The summed E-state index contributed by atoms with van der Waals surface area (Å²) in [4.78, 5) is 14.4. The molecule has 0 radical (unpaired) electrons. The molecule has 0 bridgehead atoms. The number of allylic oxidation sites excluding steroid dienone is 1. The SMILES string of the molecule is C=CC[C@@H](/C=C/C)N(C(=O)OC(C)(C)C)c1ccc(OC)cc1. The van der Waals surface area contributed by atoms with Gasteiger partial charge in [0.15, 0.2) is 0 Å². The molecule has 1 aromatic carbocycles. The quantitative estimate of drug-likeness (QED) is 0.696. The highest BCUT2D eigenvalue weighted by Gasteiger charge is 2.27. The molecule has 23 heavy (non-hydrogen) atoms. The number of rotatable bonds is 6. The van der Waals surface area contributed by atoms with Gasteiger partial charge in [-0.2, -0.15) is 0 Å². The number of hydrogen-bond donors (Lipinski definition) is 0. The van der Waals surface area contributed by atoms with E-state index in [9.17, 15) is 4.79 Å². The van der Waals surface area contributed by atoms with Crippen molar-refractivity contribution in [3.8, 4) is 5.75 Å². The van der Waals surface area contributed by atoms with E-state index in [0.717, 1.165) is 11.4 Å². The Bertz CT molecular complexity index is 541. The van der Waals surface area contributed by atoms with E-state index < -0.39 is 5.60 Å². The van der Waals surface area contributed by atoms with E-state index in [0.29, 0.717) is 6.42 Å². The summed E-state index contributed by atoms with van der Waals surface area (Å²) in [6.07, 6.45) is 5.94. The molecule has 4 nitrogen and oxygen atoms in total. The first kappa shape index (κ1) is 18.8. The van der Waals surface area contributed by atoms with Gasteiger partial charge in [-0.25, -0.2) is 4.79 Å². The predicted octanol–water partition coefficient (Wildman–Crippen LogP) is 4.96. The maximum absolute atomic E-state index is 12.7. The van der Waals surface area contributed by atoms with E-state index in [-0.39, 0.29) is 12.1 Å². The number of amides is 1. The third kappa shape index (κ3) is 5.81. The number of ether oxygens (including phenoxy) is 2. The maximum Gasteiger partial charge on any atom is 0.415 e. The van der Waals surface area contributed by atoms with Crippen LogP contribution < -0.4 is 9.64 Å². The first-order valence-electron chi connectivity index (χ1n) is 7.72. The molecule has 0 aromatic heterocycles. The Labute approximate surface area is 139 Å². The first-order valence-corrected chi connectivity index (χ1v) is 7.72. The predicted molar refractivity (Wildman–Crippen MR) is 95.1 cm³/mol. The van der Waals surface area contributed by atoms with Crippen LogP contribution in [0.3, 0.4) is 0 Å². The number of benzene rings is 1. The van der Waals surface area contributed by atoms with E-state index >= 15 is 0 Å². The summed E-state index contributed by atoms with van der Waals surface area (Å²) < 4.78 is 10.8. The molecule has 0 aliphatic carbocycles. The Morgan fingerprint density at radius 2 is 1.91 bits per heavy atom. The summed E-state index contributed by atoms with van der Waals surface area (Å²) in [6, 6.07) is 7.20. The summed E-state index contributed by atoms with van der Waals surface area (Å²) in [5.74, 6) is 0.740. The molecule has 0 fully saturated rings. The molecule has 1 aromatic rings. The van der Waals surface area contributed by atoms with E-state index in [2.05, 4.69) is 6.58 Å². The Morgan fingerprint density at radius 3 is 2.35 bits per heavy atom. The summed E-state index contributed by atoms with van der Waals surface area (Å²) in [7, 11) is 1.61. The van der Waals surface area contributed by atoms with Crippen LogP contribution in [0.4, 0.5) is 10.5 Å². The number of carbonyl (C=O) groups excluding carboxylic acids is 1. The summed E-state index contributed by atoms with van der Waals surface area (Å²) >= 11 is 0.